The zero-order valence-electron chi connectivity index (χ0n) is 14.6. The predicted octanol–water partition coefficient (Wildman–Crippen LogP) is 3.10. The van der Waals surface area contributed by atoms with Gasteiger partial charge in [-0.1, -0.05) is 0 Å². The molecule has 3 aromatic rings. The Bertz CT molecular complexity index is 871. The van der Waals surface area contributed by atoms with Gasteiger partial charge in [-0.15, -0.1) is 0 Å². The third-order valence-electron chi connectivity index (χ3n) is 4.53. The average molecular weight is 334 g/mol. The summed E-state index contributed by atoms with van der Waals surface area (Å²) < 4.78 is 0. The van der Waals surface area contributed by atoms with Gasteiger partial charge >= 0.3 is 0 Å². The van der Waals surface area contributed by atoms with Crippen molar-refractivity contribution in [3.8, 4) is 11.4 Å². The number of hydrogen-bond donors (Lipinski definition) is 2. The van der Waals surface area contributed by atoms with Crippen molar-refractivity contribution in [3.05, 3.63) is 53.2 Å². The fraction of sp³-hybridized carbons (Fsp3) is 0.368. The molecule has 0 spiro atoms. The Labute approximate surface area is 147 Å². The number of pyridine rings is 1. The van der Waals surface area contributed by atoms with E-state index in [1.165, 1.54) is 11.3 Å². The third kappa shape index (κ3) is 3.38. The van der Waals surface area contributed by atoms with Crippen LogP contribution in [0.5, 0.6) is 0 Å². The molecule has 0 bridgehead atoms. The number of H-pyrrole nitrogens is 1. The van der Waals surface area contributed by atoms with E-state index in [9.17, 15) is 0 Å². The molecule has 1 unspecified atom stereocenters. The molecule has 0 amide bonds. The summed E-state index contributed by atoms with van der Waals surface area (Å²) in [5.74, 6) is 1.74. The number of aromatic nitrogens is 5. The molecule has 25 heavy (non-hydrogen) atoms. The Morgan fingerprint density at radius 3 is 2.80 bits per heavy atom. The highest BCUT2D eigenvalue weighted by molar-refractivity contribution is 5.60. The molecule has 4 rings (SSSR count). The topological polar surface area (TPSA) is 79.4 Å². The minimum Gasteiger partial charge on any atom is -0.367 e. The summed E-state index contributed by atoms with van der Waals surface area (Å²) >= 11 is 0. The van der Waals surface area contributed by atoms with E-state index in [-0.39, 0.29) is 6.04 Å². The highest BCUT2D eigenvalue weighted by Gasteiger charge is 2.21. The zero-order chi connectivity index (χ0) is 17.2. The van der Waals surface area contributed by atoms with Crippen LogP contribution in [0.3, 0.4) is 0 Å². The van der Waals surface area contributed by atoms with E-state index >= 15 is 0 Å². The summed E-state index contributed by atoms with van der Waals surface area (Å²) in [7, 11) is 0. The molecular weight excluding hydrogens is 312 g/mol. The van der Waals surface area contributed by atoms with Crippen molar-refractivity contribution in [1.29, 1.82) is 0 Å². The molecular formula is C19H22N6. The maximum absolute atomic E-state index is 4.82. The van der Waals surface area contributed by atoms with Gasteiger partial charge in [-0.05, 0) is 51.3 Å². The van der Waals surface area contributed by atoms with Gasteiger partial charge in [0.1, 0.15) is 5.82 Å². The number of rotatable bonds is 5. The Morgan fingerprint density at radius 1 is 1.20 bits per heavy atom. The van der Waals surface area contributed by atoms with Gasteiger partial charge in [-0.25, -0.2) is 9.97 Å². The summed E-state index contributed by atoms with van der Waals surface area (Å²) in [4.78, 5) is 13.7. The fourth-order valence-electron chi connectivity index (χ4n) is 3.36. The summed E-state index contributed by atoms with van der Waals surface area (Å²) in [5, 5.41) is 10.9. The van der Waals surface area contributed by atoms with Crippen LogP contribution in [0, 0.1) is 6.92 Å². The normalized spacial score (nSPS) is 14.3. The summed E-state index contributed by atoms with van der Waals surface area (Å²) in [6.45, 7) is 4.19. The van der Waals surface area contributed by atoms with Crippen LogP contribution in [0.15, 0.2) is 30.6 Å². The number of aryl methyl sites for hydroxylation is 2. The van der Waals surface area contributed by atoms with Crippen molar-refractivity contribution in [2.24, 2.45) is 0 Å². The minimum atomic E-state index is 0.243. The van der Waals surface area contributed by atoms with Crippen LogP contribution in [-0.2, 0) is 19.3 Å². The first-order chi connectivity index (χ1) is 12.2. The monoisotopic (exact) mass is 334 g/mol. The van der Waals surface area contributed by atoms with Crippen LogP contribution in [-0.4, -0.2) is 31.2 Å². The smallest absolute Gasteiger partial charge is 0.161 e. The molecule has 1 atom stereocenters. The van der Waals surface area contributed by atoms with Crippen molar-refractivity contribution in [3.63, 3.8) is 0 Å². The van der Waals surface area contributed by atoms with E-state index in [1.54, 1.807) is 12.4 Å². The van der Waals surface area contributed by atoms with Gasteiger partial charge in [0.25, 0.3) is 0 Å². The van der Waals surface area contributed by atoms with Gasteiger partial charge in [-0.2, -0.15) is 5.10 Å². The summed E-state index contributed by atoms with van der Waals surface area (Å²) in [6, 6.07) is 6.24. The van der Waals surface area contributed by atoms with Crippen molar-refractivity contribution < 1.29 is 0 Å². The molecule has 2 N–H and O–H groups in total. The molecule has 6 heteroatoms. The molecule has 3 heterocycles. The maximum atomic E-state index is 4.82. The quantitative estimate of drug-likeness (QED) is 0.749. The molecule has 0 saturated heterocycles. The van der Waals surface area contributed by atoms with Crippen molar-refractivity contribution >= 4 is 5.82 Å². The van der Waals surface area contributed by atoms with E-state index < -0.39 is 0 Å². The molecule has 0 aliphatic heterocycles. The maximum Gasteiger partial charge on any atom is 0.161 e. The van der Waals surface area contributed by atoms with Crippen molar-refractivity contribution in [2.75, 3.05) is 5.32 Å². The summed E-state index contributed by atoms with van der Waals surface area (Å²) in [5.41, 5.74) is 5.60. The number of hydrogen-bond acceptors (Lipinski definition) is 5. The lowest BCUT2D eigenvalue weighted by atomic mass is 10.1. The van der Waals surface area contributed by atoms with Crippen LogP contribution in [0.4, 0.5) is 5.82 Å². The van der Waals surface area contributed by atoms with E-state index in [0.29, 0.717) is 0 Å². The SMILES string of the molecule is Cc1cc(CC(C)Nc2nc(-c3ccncc3)nc3c2CCC3)n[nH]1. The number of fused-ring (bicyclic) bond motifs is 1. The van der Waals surface area contributed by atoms with Gasteiger partial charge in [-0.3, -0.25) is 10.1 Å². The second-order valence-corrected chi connectivity index (χ2v) is 6.70. The molecule has 128 valence electrons. The largest absolute Gasteiger partial charge is 0.367 e. The second kappa shape index (κ2) is 6.63. The number of aromatic amines is 1. The van der Waals surface area contributed by atoms with Crippen LogP contribution in [0.1, 0.15) is 36.0 Å². The highest BCUT2D eigenvalue weighted by Crippen LogP contribution is 2.29. The van der Waals surface area contributed by atoms with Crippen LogP contribution < -0.4 is 5.32 Å². The Hall–Kier alpha value is -2.76. The van der Waals surface area contributed by atoms with Gasteiger partial charge in [0.05, 0.1) is 5.69 Å². The molecule has 0 aromatic carbocycles. The Balaban J connectivity index is 1.61. The van der Waals surface area contributed by atoms with Crippen LogP contribution in [0.2, 0.25) is 0 Å². The first-order valence-electron chi connectivity index (χ1n) is 8.76. The van der Waals surface area contributed by atoms with Crippen LogP contribution >= 0.6 is 0 Å². The van der Waals surface area contributed by atoms with Crippen molar-refractivity contribution in [1.82, 2.24) is 25.1 Å². The van der Waals surface area contributed by atoms with E-state index in [1.807, 2.05) is 19.1 Å². The molecule has 6 nitrogen and oxygen atoms in total. The van der Waals surface area contributed by atoms with Crippen LogP contribution in [0.25, 0.3) is 11.4 Å². The lowest BCUT2D eigenvalue weighted by molar-refractivity contribution is 0.757. The van der Waals surface area contributed by atoms with Gasteiger partial charge in [0.2, 0.25) is 0 Å². The highest BCUT2D eigenvalue weighted by atomic mass is 15.1. The standard InChI is InChI=1S/C19H22N6/c1-12(10-15-11-13(2)24-25-15)21-19-16-4-3-5-17(16)22-18(23-19)14-6-8-20-9-7-14/h6-9,11-12H,3-5,10H2,1-2H3,(H,24,25)(H,21,22,23). The van der Waals surface area contributed by atoms with E-state index in [2.05, 4.69) is 33.5 Å². The Kier molecular flexibility index (Phi) is 4.17. The minimum absolute atomic E-state index is 0.243. The van der Waals surface area contributed by atoms with E-state index in [0.717, 1.165) is 54.3 Å². The number of nitrogens with one attached hydrogen (secondary N) is 2. The lowest BCUT2D eigenvalue weighted by Crippen LogP contribution is -2.20. The predicted molar refractivity (Wildman–Crippen MR) is 97.4 cm³/mol. The molecule has 3 aromatic heterocycles. The van der Waals surface area contributed by atoms with Gasteiger partial charge in [0, 0.05) is 47.4 Å². The second-order valence-electron chi connectivity index (χ2n) is 6.70. The zero-order valence-corrected chi connectivity index (χ0v) is 14.6. The molecule has 0 saturated carbocycles. The Morgan fingerprint density at radius 2 is 2.04 bits per heavy atom. The van der Waals surface area contributed by atoms with Gasteiger partial charge in [0.15, 0.2) is 5.82 Å². The summed E-state index contributed by atoms with van der Waals surface area (Å²) in [6.07, 6.45) is 7.63. The van der Waals surface area contributed by atoms with Gasteiger partial charge < -0.3 is 5.32 Å². The molecule has 1 aliphatic rings. The fourth-order valence-corrected chi connectivity index (χ4v) is 3.36. The first kappa shape index (κ1) is 15.7. The number of anilines is 1. The average Bonchev–Trinajstić information content (AvgIpc) is 3.24. The first-order valence-corrected chi connectivity index (χ1v) is 8.76. The molecule has 0 fully saturated rings. The van der Waals surface area contributed by atoms with Crippen molar-refractivity contribution in [2.45, 2.75) is 45.6 Å². The third-order valence-corrected chi connectivity index (χ3v) is 4.53. The number of nitrogens with zero attached hydrogens (tertiary/aromatic N) is 4. The van der Waals surface area contributed by atoms with E-state index in [4.69, 9.17) is 9.97 Å². The molecule has 0 radical (unpaired) electrons. The molecule has 1 aliphatic carbocycles. The lowest BCUT2D eigenvalue weighted by Gasteiger charge is -2.17.